The zero-order valence-corrected chi connectivity index (χ0v) is 11.7. The van der Waals surface area contributed by atoms with Crippen molar-refractivity contribution in [3.8, 4) is 5.75 Å². The smallest absolute Gasteiger partial charge is 0.194 e. The summed E-state index contributed by atoms with van der Waals surface area (Å²) in [6.45, 7) is 3.70. The Kier molecular flexibility index (Phi) is 4.53. The van der Waals surface area contributed by atoms with Crippen molar-refractivity contribution in [3.63, 3.8) is 0 Å². The fraction of sp³-hybridized carbons (Fsp3) is 0.250. The van der Waals surface area contributed by atoms with Crippen molar-refractivity contribution in [1.29, 1.82) is 0 Å². The molecule has 0 aliphatic heterocycles. The van der Waals surface area contributed by atoms with Gasteiger partial charge in [0.2, 0.25) is 0 Å². The van der Waals surface area contributed by atoms with Gasteiger partial charge in [-0.3, -0.25) is 0 Å². The molecule has 0 saturated heterocycles. The fourth-order valence-electron chi connectivity index (χ4n) is 2.05. The third-order valence-corrected chi connectivity index (χ3v) is 3.02. The van der Waals surface area contributed by atoms with E-state index in [4.69, 9.17) is 10.5 Å². The molecule has 21 heavy (non-hydrogen) atoms. The average Bonchev–Trinajstić information content (AvgIpc) is 2.44. The average molecular weight is 295 g/mol. The molecule has 0 aromatic heterocycles. The lowest BCUT2D eigenvalue weighted by Crippen LogP contribution is -2.17. The molecule has 0 spiro atoms. The van der Waals surface area contributed by atoms with Gasteiger partial charge in [-0.1, -0.05) is 24.3 Å². The lowest BCUT2D eigenvalue weighted by molar-refractivity contribution is 0.239. The van der Waals surface area contributed by atoms with E-state index < -0.39 is 23.5 Å². The molecule has 0 saturated carbocycles. The summed E-state index contributed by atoms with van der Waals surface area (Å²) in [5, 5.41) is 0. The van der Waals surface area contributed by atoms with Gasteiger partial charge in [0.15, 0.2) is 17.5 Å². The van der Waals surface area contributed by atoms with Crippen LogP contribution in [0.2, 0.25) is 0 Å². The number of benzene rings is 2. The molecule has 2 aromatic carbocycles. The van der Waals surface area contributed by atoms with Crippen LogP contribution in [-0.4, -0.2) is 6.10 Å². The maximum absolute atomic E-state index is 13.9. The van der Waals surface area contributed by atoms with Gasteiger partial charge >= 0.3 is 0 Å². The molecular formula is C16H16F3NO. The molecule has 2 aromatic rings. The molecule has 1 unspecified atom stereocenters. The summed E-state index contributed by atoms with van der Waals surface area (Å²) in [4.78, 5) is 0. The molecule has 2 nitrogen and oxygen atoms in total. The Hall–Kier alpha value is -2.01. The summed E-state index contributed by atoms with van der Waals surface area (Å²) in [5.74, 6) is -3.55. The van der Waals surface area contributed by atoms with Crippen molar-refractivity contribution in [2.45, 2.75) is 26.0 Å². The number of hydrogen-bond acceptors (Lipinski definition) is 2. The number of halogens is 3. The van der Waals surface area contributed by atoms with Crippen molar-refractivity contribution < 1.29 is 17.9 Å². The highest BCUT2D eigenvalue weighted by atomic mass is 19.2. The van der Waals surface area contributed by atoms with Gasteiger partial charge in [-0.2, -0.15) is 0 Å². The zero-order chi connectivity index (χ0) is 15.6. The number of para-hydroxylation sites is 1. The molecule has 0 heterocycles. The molecule has 0 bridgehead atoms. The van der Waals surface area contributed by atoms with E-state index in [1.807, 2.05) is 13.8 Å². The van der Waals surface area contributed by atoms with Crippen molar-refractivity contribution in [2.24, 2.45) is 5.73 Å². The minimum absolute atomic E-state index is 0.0897. The third-order valence-electron chi connectivity index (χ3n) is 3.02. The van der Waals surface area contributed by atoms with Crippen LogP contribution in [0.1, 0.15) is 31.0 Å². The normalized spacial score (nSPS) is 12.5. The Morgan fingerprint density at radius 2 is 1.57 bits per heavy atom. The maximum atomic E-state index is 13.9. The fourth-order valence-corrected chi connectivity index (χ4v) is 2.05. The third kappa shape index (κ3) is 3.19. The standard InChI is InChI=1S/C16H16F3NO/c1-9(2)21-13-6-4-3-5-10(13)16(20)11-7-8-12(17)15(19)14(11)18/h3-9,16H,20H2,1-2H3. The van der Waals surface area contributed by atoms with E-state index in [-0.39, 0.29) is 11.7 Å². The minimum Gasteiger partial charge on any atom is -0.491 e. The predicted molar refractivity (Wildman–Crippen MR) is 74.6 cm³/mol. The molecule has 0 aliphatic rings. The highest BCUT2D eigenvalue weighted by Gasteiger charge is 2.22. The van der Waals surface area contributed by atoms with E-state index in [1.54, 1.807) is 24.3 Å². The summed E-state index contributed by atoms with van der Waals surface area (Å²) in [7, 11) is 0. The van der Waals surface area contributed by atoms with E-state index >= 15 is 0 Å². The Balaban J connectivity index is 2.45. The summed E-state index contributed by atoms with van der Waals surface area (Å²) in [6, 6.07) is 7.91. The van der Waals surface area contributed by atoms with E-state index in [1.165, 1.54) is 0 Å². The van der Waals surface area contributed by atoms with Crippen LogP contribution in [0, 0.1) is 17.5 Å². The first-order chi connectivity index (χ1) is 9.91. The van der Waals surface area contributed by atoms with Crippen LogP contribution in [0.5, 0.6) is 5.75 Å². The summed E-state index contributed by atoms with van der Waals surface area (Å²) >= 11 is 0. The number of hydrogen-bond donors (Lipinski definition) is 1. The largest absolute Gasteiger partial charge is 0.491 e. The second-order valence-corrected chi connectivity index (χ2v) is 4.95. The number of ether oxygens (including phenoxy) is 1. The molecule has 0 fully saturated rings. The van der Waals surface area contributed by atoms with Gasteiger partial charge < -0.3 is 10.5 Å². The summed E-state index contributed by atoms with van der Waals surface area (Å²) in [5.41, 5.74) is 6.40. The van der Waals surface area contributed by atoms with Gasteiger partial charge in [0.05, 0.1) is 12.1 Å². The van der Waals surface area contributed by atoms with E-state index in [0.29, 0.717) is 11.3 Å². The quantitative estimate of drug-likeness (QED) is 0.867. The van der Waals surface area contributed by atoms with Gasteiger partial charge in [-0.15, -0.1) is 0 Å². The topological polar surface area (TPSA) is 35.2 Å². The van der Waals surface area contributed by atoms with Crippen molar-refractivity contribution in [2.75, 3.05) is 0 Å². The first-order valence-corrected chi connectivity index (χ1v) is 6.56. The van der Waals surface area contributed by atoms with Crippen LogP contribution in [0.15, 0.2) is 36.4 Å². The molecule has 1 atom stereocenters. The first-order valence-electron chi connectivity index (χ1n) is 6.56. The maximum Gasteiger partial charge on any atom is 0.194 e. The zero-order valence-electron chi connectivity index (χ0n) is 11.7. The van der Waals surface area contributed by atoms with Crippen LogP contribution in [0.25, 0.3) is 0 Å². The Morgan fingerprint density at radius 1 is 0.905 bits per heavy atom. The Labute approximate surface area is 121 Å². The van der Waals surface area contributed by atoms with Gasteiger partial charge in [0, 0.05) is 11.1 Å². The molecule has 5 heteroatoms. The summed E-state index contributed by atoms with van der Waals surface area (Å²) < 4.78 is 45.8. The van der Waals surface area contributed by atoms with Gasteiger partial charge in [-0.25, -0.2) is 13.2 Å². The van der Waals surface area contributed by atoms with Crippen LogP contribution in [-0.2, 0) is 0 Å². The van der Waals surface area contributed by atoms with Gasteiger partial charge in [0.25, 0.3) is 0 Å². The second-order valence-electron chi connectivity index (χ2n) is 4.95. The van der Waals surface area contributed by atoms with Crippen LogP contribution >= 0.6 is 0 Å². The molecule has 2 N–H and O–H groups in total. The first kappa shape index (κ1) is 15.4. The predicted octanol–water partition coefficient (Wildman–Crippen LogP) is 3.94. The SMILES string of the molecule is CC(C)Oc1ccccc1C(N)c1ccc(F)c(F)c1F. The molecule has 0 radical (unpaired) electrons. The van der Waals surface area contributed by atoms with Crippen molar-refractivity contribution >= 4 is 0 Å². The molecular weight excluding hydrogens is 279 g/mol. The highest BCUT2D eigenvalue weighted by molar-refractivity contribution is 5.42. The van der Waals surface area contributed by atoms with E-state index in [2.05, 4.69) is 0 Å². The van der Waals surface area contributed by atoms with Crippen LogP contribution in [0.3, 0.4) is 0 Å². The number of nitrogens with two attached hydrogens (primary N) is 1. The number of rotatable bonds is 4. The molecule has 0 aliphatic carbocycles. The lowest BCUT2D eigenvalue weighted by Gasteiger charge is -2.19. The van der Waals surface area contributed by atoms with Gasteiger partial charge in [-0.05, 0) is 26.0 Å². The second kappa shape index (κ2) is 6.18. The van der Waals surface area contributed by atoms with E-state index in [9.17, 15) is 13.2 Å². The van der Waals surface area contributed by atoms with Crippen LogP contribution < -0.4 is 10.5 Å². The summed E-state index contributed by atoms with van der Waals surface area (Å²) in [6.07, 6.45) is -0.0897. The molecule has 112 valence electrons. The monoisotopic (exact) mass is 295 g/mol. The molecule has 0 amide bonds. The van der Waals surface area contributed by atoms with Crippen molar-refractivity contribution in [1.82, 2.24) is 0 Å². The lowest BCUT2D eigenvalue weighted by atomic mass is 9.98. The Morgan fingerprint density at radius 3 is 2.24 bits per heavy atom. The Bertz CT molecular complexity index is 643. The minimum atomic E-state index is -1.52. The highest BCUT2D eigenvalue weighted by Crippen LogP contribution is 2.31. The van der Waals surface area contributed by atoms with Gasteiger partial charge in [0.1, 0.15) is 5.75 Å². The van der Waals surface area contributed by atoms with E-state index in [0.717, 1.165) is 12.1 Å². The van der Waals surface area contributed by atoms with Crippen LogP contribution in [0.4, 0.5) is 13.2 Å². The molecule has 2 rings (SSSR count). The van der Waals surface area contributed by atoms with Crippen molar-refractivity contribution in [3.05, 3.63) is 65.0 Å².